The fraction of sp³-hybridized carbons (Fsp3) is 0.200. The van der Waals surface area contributed by atoms with Crippen molar-refractivity contribution in [2.75, 3.05) is 0 Å². The summed E-state index contributed by atoms with van der Waals surface area (Å²) >= 11 is 3.51. The lowest BCUT2D eigenvalue weighted by Gasteiger charge is -2.14. The first kappa shape index (κ1) is 17.4. The maximum absolute atomic E-state index is 12.8. The summed E-state index contributed by atoms with van der Waals surface area (Å²) in [6, 6.07) is 13.7. The number of benzene rings is 1. The van der Waals surface area contributed by atoms with Crippen LogP contribution in [0.2, 0.25) is 0 Å². The van der Waals surface area contributed by atoms with Gasteiger partial charge in [-0.05, 0) is 62.7 Å². The first-order valence-electron chi connectivity index (χ1n) is 8.13. The van der Waals surface area contributed by atoms with Crippen molar-refractivity contribution in [3.05, 3.63) is 81.8 Å². The van der Waals surface area contributed by atoms with Crippen LogP contribution >= 0.6 is 15.9 Å². The van der Waals surface area contributed by atoms with Gasteiger partial charge in [0, 0.05) is 33.9 Å². The lowest BCUT2D eigenvalue weighted by Crippen LogP contribution is -2.27. The predicted octanol–water partition coefficient (Wildman–Crippen LogP) is 4.74. The van der Waals surface area contributed by atoms with Crippen LogP contribution in [0, 0.1) is 13.8 Å². The molecule has 128 valence electrons. The van der Waals surface area contributed by atoms with Crippen LogP contribution in [0.15, 0.2) is 59.3 Å². The van der Waals surface area contributed by atoms with Gasteiger partial charge in [0.15, 0.2) is 0 Å². The van der Waals surface area contributed by atoms with Gasteiger partial charge in [0.05, 0.1) is 11.6 Å². The van der Waals surface area contributed by atoms with Crippen molar-refractivity contribution < 1.29 is 4.79 Å². The van der Waals surface area contributed by atoms with Crippen molar-refractivity contribution in [1.29, 1.82) is 0 Å². The summed E-state index contributed by atoms with van der Waals surface area (Å²) in [5.74, 6) is -0.0707. The standard InChI is InChI=1S/C20H20BrN3O/c1-13-11-19(15(3)24(13)18-6-4-5-17(21)12-18)20(25)23-14(2)16-7-9-22-10-8-16/h4-12,14H,1-3H3,(H,23,25). The van der Waals surface area contributed by atoms with E-state index >= 15 is 0 Å². The van der Waals surface area contributed by atoms with E-state index in [9.17, 15) is 4.79 Å². The van der Waals surface area contributed by atoms with E-state index in [2.05, 4.69) is 30.8 Å². The van der Waals surface area contributed by atoms with E-state index in [1.807, 2.05) is 63.2 Å². The first-order chi connectivity index (χ1) is 12.0. The molecule has 1 atom stereocenters. The van der Waals surface area contributed by atoms with Crippen LogP contribution in [-0.4, -0.2) is 15.5 Å². The number of carbonyl (C=O) groups is 1. The number of rotatable bonds is 4. The molecule has 2 heterocycles. The molecule has 1 aromatic carbocycles. The van der Waals surface area contributed by atoms with E-state index in [-0.39, 0.29) is 11.9 Å². The van der Waals surface area contributed by atoms with Gasteiger partial charge in [-0.2, -0.15) is 0 Å². The highest BCUT2D eigenvalue weighted by molar-refractivity contribution is 9.10. The maximum Gasteiger partial charge on any atom is 0.253 e. The second-order valence-corrected chi connectivity index (χ2v) is 6.99. The number of nitrogens with zero attached hydrogens (tertiary/aromatic N) is 2. The minimum Gasteiger partial charge on any atom is -0.345 e. The molecule has 0 aliphatic heterocycles. The lowest BCUT2D eigenvalue weighted by atomic mass is 10.1. The van der Waals surface area contributed by atoms with Gasteiger partial charge in [0.1, 0.15) is 0 Å². The molecular formula is C20H20BrN3O. The third-order valence-electron chi connectivity index (χ3n) is 4.30. The largest absolute Gasteiger partial charge is 0.345 e. The molecule has 0 radical (unpaired) electrons. The normalized spacial score (nSPS) is 12.0. The Balaban J connectivity index is 1.88. The minimum atomic E-state index is -0.0792. The van der Waals surface area contributed by atoms with Gasteiger partial charge < -0.3 is 9.88 Å². The molecule has 1 amide bonds. The van der Waals surface area contributed by atoms with Crippen LogP contribution in [0.4, 0.5) is 0 Å². The van der Waals surface area contributed by atoms with Gasteiger partial charge in [-0.25, -0.2) is 0 Å². The van der Waals surface area contributed by atoms with Gasteiger partial charge >= 0.3 is 0 Å². The Hall–Kier alpha value is -2.40. The number of hydrogen-bond donors (Lipinski definition) is 1. The zero-order chi connectivity index (χ0) is 18.0. The number of hydrogen-bond acceptors (Lipinski definition) is 2. The predicted molar refractivity (Wildman–Crippen MR) is 103 cm³/mol. The van der Waals surface area contributed by atoms with Crippen LogP contribution < -0.4 is 5.32 Å². The molecule has 1 N–H and O–H groups in total. The van der Waals surface area contributed by atoms with Crippen LogP contribution in [-0.2, 0) is 0 Å². The fourth-order valence-electron chi connectivity index (χ4n) is 3.02. The molecule has 5 heteroatoms. The number of carbonyl (C=O) groups excluding carboxylic acids is 1. The molecule has 25 heavy (non-hydrogen) atoms. The van der Waals surface area contributed by atoms with Crippen molar-refractivity contribution in [2.24, 2.45) is 0 Å². The first-order valence-corrected chi connectivity index (χ1v) is 8.92. The van der Waals surface area contributed by atoms with Crippen LogP contribution in [0.3, 0.4) is 0 Å². The van der Waals surface area contributed by atoms with Gasteiger partial charge in [0.2, 0.25) is 0 Å². The monoisotopic (exact) mass is 397 g/mol. The Morgan fingerprint density at radius 2 is 1.88 bits per heavy atom. The van der Waals surface area contributed by atoms with Crippen LogP contribution in [0.25, 0.3) is 5.69 Å². The maximum atomic E-state index is 12.8. The smallest absolute Gasteiger partial charge is 0.253 e. The molecule has 0 spiro atoms. The van der Waals surface area contributed by atoms with E-state index in [4.69, 9.17) is 0 Å². The van der Waals surface area contributed by atoms with Crippen LogP contribution in [0.5, 0.6) is 0 Å². The number of aromatic nitrogens is 2. The quantitative estimate of drug-likeness (QED) is 0.690. The number of nitrogens with one attached hydrogen (secondary N) is 1. The molecule has 0 aliphatic carbocycles. The molecule has 3 rings (SSSR count). The van der Waals surface area contributed by atoms with E-state index < -0.39 is 0 Å². The number of pyridine rings is 1. The highest BCUT2D eigenvalue weighted by atomic mass is 79.9. The van der Waals surface area contributed by atoms with Crippen molar-refractivity contribution in [3.8, 4) is 5.69 Å². The fourth-order valence-corrected chi connectivity index (χ4v) is 3.40. The molecule has 0 saturated heterocycles. The third kappa shape index (κ3) is 3.66. The molecule has 0 bridgehead atoms. The number of halogens is 1. The van der Waals surface area contributed by atoms with E-state index in [1.54, 1.807) is 12.4 Å². The van der Waals surface area contributed by atoms with Gasteiger partial charge in [-0.1, -0.05) is 22.0 Å². The third-order valence-corrected chi connectivity index (χ3v) is 4.79. The zero-order valence-electron chi connectivity index (χ0n) is 14.5. The summed E-state index contributed by atoms with van der Waals surface area (Å²) in [5, 5.41) is 3.07. The SMILES string of the molecule is Cc1cc(C(=O)NC(C)c2ccncc2)c(C)n1-c1cccc(Br)c1. The molecule has 0 fully saturated rings. The molecule has 4 nitrogen and oxygen atoms in total. The summed E-state index contributed by atoms with van der Waals surface area (Å²) in [6.07, 6.45) is 3.47. The van der Waals surface area contributed by atoms with Crippen molar-refractivity contribution in [1.82, 2.24) is 14.9 Å². The summed E-state index contributed by atoms with van der Waals surface area (Å²) in [7, 11) is 0. The highest BCUT2D eigenvalue weighted by Gasteiger charge is 2.18. The van der Waals surface area contributed by atoms with E-state index in [0.717, 1.165) is 27.1 Å². The average molecular weight is 398 g/mol. The highest BCUT2D eigenvalue weighted by Crippen LogP contribution is 2.23. The Kier molecular flexibility index (Phi) is 5.04. The van der Waals surface area contributed by atoms with E-state index in [1.165, 1.54) is 0 Å². The van der Waals surface area contributed by atoms with Crippen molar-refractivity contribution >= 4 is 21.8 Å². The van der Waals surface area contributed by atoms with Crippen LogP contribution in [0.1, 0.15) is 40.3 Å². The summed E-state index contributed by atoms with van der Waals surface area (Å²) < 4.78 is 3.10. The van der Waals surface area contributed by atoms with Crippen molar-refractivity contribution in [3.63, 3.8) is 0 Å². The summed E-state index contributed by atoms with van der Waals surface area (Å²) in [4.78, 5) is 16.8. The number of aryl methyl sites for hydroxylation is 1. The van der Waals surface area contributed by atoms with Gasteiger partial charge in [-0.15, -0.1) is 0 Å². The molecule has 3 aromatic rings. The topological polar surface area (TPSA) is 46.9 Å². The van der Waals surface area contributed by atoms with Gasteiger partial charge in [0.25, 0.3) is 5.91 Å². The second-order valence-electron chi connectivity index (χ2n) is 6.08. The Morgan fingerprint density at radius 3 is 2.56 bits per heavy atom. The molecule has 1 unspecified atom stereocenters. The second kappa shape index (κ2) is 7.23. The molecule has 0 saturated carbocycles. The van der Waals surface area contributed by atoms with E-state index in [0.29, 0.717) is 5.56 Å². The summed E-state index contributed by atoms with van der Waals surface area (Å²) in [5.41, 5.74) is 4.71. The van der Waals surface area contributed by atoms with Crippen molar-refractivity contribution in [2.45, 2.75) is 26.8 Å². The number of amides is 1. The lowest BCUT2D eigenvalue weighted by molar-refractivity contribution is 0.0939. The Morgan fingerprint density at radius 1 is 1.16 bits per heavy atom. The Bertz CT molecular complexity index is 903. The Labute approximate surface area is 156 Å². The zero-order valence-corrected chi connectivity index (χ0v) is 16.0. The molecular weight excluding hydrogens is 378 g/mol. The molecule has 2 aromatic heterocycles. The van der Waals surface area contributed by atoms with Gasteiger partial charge in [-0.3, -0.25) is 9.78 Å². The minimum absolute atomic E-state index is 0.0707. The summed E-state index contributed by atoms with van der Waals surface area (Å²) in [6.45, 7) is 5.96. The molecule has 0 aliphatic rings. The average Bonchev–Trinajstić information content (AvgIpc) is 2.90.